The summed E-state index contributed by atoms with van der Waals surface area (Å²) in [5, 5.41) is 23.4. The Balaban J connectivity index is 2.07. The number of aliphatic hydroxyl groups is 1. The first-order valence-electron chi connectivity index (χ1n) is 6.39. The van der Waals surface area contributed by atoms with Gasteiger partial charge < -0.3 is 10.4 Å². The number of amides is 1. The van der Waals surface area contributed by atoms with Crippen LogP contribution in [0.25, 0.3) is 0 Å². The fourth-order valence-corrected chi connectivity index (χ4v) is 2.59. The van der Waals surface area contributed by atoms with Crippen molar-refractivity contribution in [3.05, 3.63) is 38.9 Å². The number of carbonyl (C=O) groups excluding carboxylic acids is 1. The molecule has 0 heterocycles. The summed E-state index contributed by atoms with van der Waals surface area (Å²) in [5.74, 6) is -0.502. The molecule has 0 radical (unpaired) electrons. The highest BCUT2D eigenvalue weighted by atomic mass is 35.5. The molecule has 0 aromatic heterocycles. The van der Waals surface area contributed by atoms with E-state index in [-0.39, 0.29) is 22.2 Å². The first-order chi connectivity index (χ1) is 9.49. The smallest absolute Gasteiger partial charge is 0.283 e. The van der Waals surface area contributed by atoms with Crippen LogP contribution in [0.3, 0.4) is 0 Å². The summed E-state index contributed by atoms with van der Waals surface area (Å²) >= 11 is 5.70. The number of benzene rings is 1. The average Bonchev–Trinajstić information content (AvgIpc) is 2.81. The van der Waals surface area contributed by atoms with Gasteiger partial charge in [0.05, 0.1) is 11.0 Å². The molecule has 1 aromatic carbocycles. The Morgan fingerprint density at radius 1 is 1.50 bits per heavy atom. The van der Waals surface area contributed by atoms with E-state index in [1.54, 1.807) is 0 Å². The number of nitro benzene ring substituents is 1. The maximum absolute atomic E-state index is 12.0. The van der Waals surface area contributed by atoms with Crippen LogP contribution in [0.5, 0.6) is 0 Å². The molecule has 1 amide bonds. The van der Waals surface area contributed by atoms with E-state index in [0.29, 0.717) is 6.54 Å². The molecule has 20 heavy (non-hydrogen) atoms. The van der Waals surface area contributed by atoms with Crippen molar-refractivity contribution >= 4 is 23.2 Å². The number of hydrogen-bond donors (Lipinski definition) is 2. The molecular weight excluding hydrogens is 284 g/mol. The van der Waals surface area contributed by atoms with E-state index in [1.807, 2.05) is 0 Å². The van der Waals surface area contributed by atoms with Gasteiger partial charge in [0.2, 0.25) is 0 Å². The number of nitrogens with zero attached hydrogens (tertiary/aromatic N) is 1. The van der Waals surface area contributed by atoms with Gasteiger partial charge in [-0.05, 0) is 25.0 Å². The van der Waals surface area contributed by atoms with Crippen LogP contribution in [-0.2, 0) is 0 Å². The van der Waals surface area contributed by atoms with Crippen LogP contribution < -0.4 is 5.32 Å². The third-order valence-corrected chi connectivity index (χ3v) is 3.78. The van der Waals surface area contributed by atoms with Gasteiger partial charge in [-0.1, -0.05) is 18.0 Å². The van der Waals surface area contributed by atoms with Crippen LogP contribution >= 0.6 is 11.6 Å². The summed E-state index contributed by atoms with van der Waals surface area (Å²) in [4.78, 5) is 22.3. The molecule has 2 N–H and O–H groups in total. The maximum atomic E-state index is 12.0. The van der Waals surface area contributed by atoms with Crippen LogP contribution in [0.2, 0.25) is 5.02 Å². The van der Waals surface area contributed by atoms with Crippen molar-refractivity contribution in [2.75, 3.05) is 6.54 Å². The van der Waals surface area contributed by atoms with Crippen LogP contribution in [-0.4, -0.2) is 28.6 Å². The lowest BCUT2D eigenvalue weighted by atomic mass is 10.1. The van der Waals surface area contributed by atoms with Gasteiger partial charge in [0, 0.05) is 23.6 Å². The summed E-state index contributed by atoms with van der Waals surface area (Å²) in [6.07, 6.45) is 2.12. The number of nitrogens with one attached hydrogen (secondary N) is 1. The number of hydrogen-bond acceptors (Lipinski definition) is 4. The molecule has 0 aliphatic heterocycles. The minimum Gasteiger partial charge on any atom is -0.393 e. The van der Waals surface area contributed by atoms with Crippen molar-refractivity contribution in [2.45, 2.75) is 25.4 Å². The highest BCUT2D eigenvalue weighted by molar-refractivity contribution is 6.31. The molecule has 2 atom stereocenters. The Labute approximate surface area is 120 Å². The number of nitro groups is 1. The SMILES string of the molecule is O=C(NCC1CCCC1O)c1ccc(Cl)cc1[N+](=O)[O-]. The summed E-state index contributed by atoms with van der Waals surface area (Å²) < 4.78 is 0. The molecule has 2 rings (SSSR count). The molecule has 1 aromatic rings. The lowest BCUT2D eigenvalue weighted by Crippen LogP contribution is -2.32. The second-order valence-electron chi connectivity index (χ2n) is 4.89. The molecule has 7 heteroatoms. The zero-order chi connectivity index (χ0) is 14.7. The Hall–Kier alpha value is -1.66. The molecule has 1 aliphatic rings. The third-order valence-electron chi connectivity index (χ3n) is 3.54. The molecule has 0 saturated heterocycles. The molecular formula is C13H15ClN2O4. The van der Waals surface area contributed by atoms with E-state index in [1.165, 1.54) is 12.1 Å². The van der Waals surface area contributed by atoms with E-state index in [4.69, 9.17) is 11.6 Å². The maximum Gasteiger partial charge on any atom is 0.283 e. The van der Waals surface area contributed by atoms with Crippen molar-refractivity contribution in [1.29, 1.82) is 0 Å². The Bertz CT molecular complexity index is 535. The molecule has 2 unspecified atom stereocenters. The van der Waals surface area contributed by atoms with E-state index in [0.717, 1.165) is 25.3 Å². The van der Waals surface area contributed by atoms with Gasteiger partial charge in [-0.3, -0.25) is 14.9 Å². The lowest BCUT2D eigenvalue weighted by Gasteiger charge is -2.15. The quantitative estimate of drug-likeness (QED) is 0.658. The molecule has 1 saturated carbocycles. The summed E-state index contributed by atoms with van der Waals surface area (Å²) in [6.45, 7) is 0.319. The van der Waals surface area contributed by atoms with Crippen molar-refractivity contribution in [1.82, 2.24) is 5.32 Å². The van der Waals surface area contributed by atoms with Crippen molar-refractivity contribution in [2.24, 2.45) is 5.92 Å². The fourth-order valence-electron chi connectivity index (χ4n) is 2.42. The summed E-state index contributed by atoms with van der Waals surface area (Å²) in [5.41, 5.74) is -0.339. The first kappa shape index (κ1) is 14.7. The molecule has 1 fully saturated rings. The largest absolute Gasteiger partial charge is 0.393 e. The van der Waals surface area contributed by atoms with E-state index in [9.17, 15) is 20.0 Å². The number of carbonyl (C=O) groups is 1. The second-order valence-corrected chi connectivity index (χ2v) is 5.32. The van der Waals surface area contributed by atoms with Crippen molar-refractivity contribution in [3.8, 4) is 0 Å². The van der Waals surface area contributed by atoms with Gasteiger partial charge in [-0.2, -0.15) is 0 Å². The second kappa shape index (κ2) is 6.19. The van der Waals surface area contributed by atoms with Gasteiger partial charge in [-0.15, -0.1) is 0 Å². The first-order valence-corrected chi connectivity index (χ1v) is 6.77. The third kappa shape index (κ3) is 3.26. The van der Waals surface area contributed by atoms with Gasteiger partial charge in [0.25, 0.3) is 11.6 Å². The van der Waals surface area contributed by atoms with E-state index >= 15 is 0 Å². The number of rotatable bonds is 4. The van der Waals surface area contributed by atoms with Crippen LogP contribution in [0.4, 0.5) is 5.69 Å². The van der Waals surface area contributed by atoms with Gasteiger partial charge in [0.15, 0.2) is 0 Å². The fraction of sp³-hybridized carbons (Fsp3) is 0.462. The lowest BCUT2D eigenvalue weighted by molar-refractivity contribution is -0.385. The minimum atomic E-state index is -0.634. The number of aliphatic hydroxyl groups excluding tert-OH is 1. The summed E-state index contributed by atoms with van der Waals surface area (Å²) in [6, 6.07) is 3.93. The van der Waals surface area contributed by atoms with Crippen LogP contribution in [0.1, 0.15) is 29.6 Å². The molecule has 6 nitrogen and oxygen atoms in total. The normalized spacial score (nSPS) is 21.7. The van der Waals surface area contributed by atoms with Gasteiger partial charge in [0.1, 0.15) is 5.56 Å². The average molecular weight is 299 g/mol. The monoisotopic (exact) mass is 298 g/mol. The van der Waals surface area contributed by atoms with Crippen LogP contribution in [0, 0.1) is 16.0 Å². The highest BCUT2D eigenvalue weighted by Gasteiger charge is 2.27. The van der Waals surface area contributed by atoms with Crippen LogP contribution in [0.15, 0.2) is 18.2 Å². The predicted octanol–water partition coefficient (Wildman–Crippen LogP) is 2.14. The summed E-state index contributed by atoms with van der Waals surface area (Å²) in [7, 11) is 0. The van der Waals surface area contributed by atoms with Gasteiger partial charge >= 0.3 is 0 Å². The van der Waals surface area contributed by atoms with Gasteiger partial charge in [-0.25, -0.2) is 0 Å². The molecule has 108 valence electrons. The van der Waals surface area contributed by atoms with E-state index in [2.05, 4.69) is 5.32 Å². The zero-order valence-corrected chi connectivity index (χ0v) is 11.5. The Morgan fingerprint density at radius 3 is 2.85 bits per heavy atom. The highest BCUT2D eigenvalue weighted by Crippen LogP contribution is 2.26. The Kier molecular flexibility index (Phi) is 4.57. The molecule has 0 bridgehead atoms. The standard InChI is InChI=1S/C13H15ClN2O4/c14-9-4-5-10(11(6-9)16(19)20)13(18)15-7-8-2-1-3-12(8)17/h4-6,8,12,17H,1-3,7H2,(H,15,18). The minimum absolute atomic E-state index is 0.0188. The molecule has 1 aliphatic carbocycles. The molecule has 0 spiro atoms. The predicted molar refractivity (Wildman–Crippen MR) is 73.8 cm³/mol. The number of halogens is 1. The van der Waals surface area contributed by atoms with E-state index < -0.39 is 16.9 Å². The zero-order valence-electron chi connectivity index (χ0n) is 10.7. The topological polar surface area (TPSA) is 92.5 Å². The van der Waals surface area contributed by atoms with Crippen molar-refractivity contribution < 1.29 is 14.8 Å². The Morgan fingerprint density at radius 2 is 2.25 bits per heavy atom. The van der Waals surface area contributed by atoms with Crippen molar-refractivity contribution in [3.63, 3.8) is 0 Å².